The van der Waals surface area contributed by atoms with Crippen molar-refractivity contribution in [1.82, 2.24) is 9.88 Å². The predicted octanol–water partition coefficient (Wildman–Crippen LogP) is 4.09. The van der Waals surface area contributed by atoms with Crippen molar-refractivity contribution in [3.05, 3.63) is 43.9 Å². The zero-order valence-electron chi connectivity index (χ0n) is 13.6. The number of piperidine rings is 1. The number of aryl methyl sites for hydroxylation is 2. The third-order valence-electron chi connectivity index (χ3n) is 4.80. The number of H-pyrrole nitrogens is 1. The van der Waals surface area contributed by atoms with Crippen molar-refractivity contribution in [1.29, 1.82) is 0 Å². The SMILES string of the molecule is Cc1ccc(-c2[nH]c(=O)sc2CN2CCCCC2C)cc1C. The van der Waals surface area contributed by atoms with Gasteiger partial charge in [-0.25, -0.2) is 0 Å². The molecule has 1 N–H and O–H groups in total. The largest absolute Gasteiger partial charge is 0.312 e. The van der Waals surface area contributed by atoms with Crippen molar-refractivity contribution in [2.24, 2.45) is 0 Å². The van der Waals surface area contributed by atoms with Crippen LogP contribution in [0.2, 0.25) is 0 Å². The molecule has 1 atom stereocenters. The summed E-state index contributed by atoms with van der Waals surface area (Å²) in [6, 6.07) is 7.03. The smallest absolute Gasteiger partial charge is 0.305 e. The van der Waals surface area contributed by atoms with Gasteiger partial charge in [0.05, 0.1) is 5.69 Å². The van der Waals surface area contributed by atoms with Gasteiger partial charge in [0.25, 0.3) is 0 Å². The molecule has 2 heterocycles. The Kier molecular flexibility index (Phi) is 4.50. The minimum absolute atomic E-state index is 0.0490. The molecule has 4 heteroatoms. The first-order chi connectivity index (χ1) is 10.5. The summed E-state index contributed by atoms with van der Waals surface area (Å²) in [6.07, 6.45) is 3.85. The standard InChI is InChI=1S/C18H24N2OS/c1-12-7-8-15(10-13(12)2)17-16(22-18(21)19-17)11-20-9-5-4-6-14(20)3/h7-8,10,14H,4-6,9,11H2,1-3H3,(H,19,21). The summed E-state index contributed by atoms with van der Waals surface area (Å²) in [5.41, 5.74) is 4.69. The second kappa shape index (κ2) is 6.39. The van der Waals surface area contributed by atoms with E-state index in [1.807, 2.05) is 0 Å². The Labute approximate surface area is 136 Å². The van der Waals surface area contributed by atoms with E-state index < -0.39 is 0 Å². The van der Waals surface area contributed by atoms with Gasteiger partial charge in [0, 0.05) is 17.5 Å². The van der Waals surface area contributed by atoms with Crippen molar-refractivity contribution in [3.63, 3.8) is 0 Å². The Balaban J connectivity index is 1.92. The lowest BCUT2D eigenvalue weighted by atomic mass is 10.0. The van der Waals surface area contributed by atoms with Crippen LogP contribution in [0.5, 0.6) is 0 Å². The Morgan fingerprint density at radius 1 is 1.27 bits per heavy atom. The van der Waals surface area contributed by atoms with Gasteiger partial charge in [0.15, 0.2) is 0 Å². The minimum Gasteiger partial charge on any atom is -0.312 e. The zero-order valence-corrected chi connectivity index (χ0v) is 14.4. The molecule has 1 unspecified atom stereocenters. The fourth-order valence-corrected chi connectivity index (χ4v) is 4.06. The van der Waals surface area contributed by atoms with Crippen LogP contribution in [-0.2, 0) is 6.54 Å². The van der Waals surface area contributed by atoms with E-state index in [2.05, 4.69) is 48.9 Å². The highest BCUT2D eigenvalue weighted by Crippen LogP contribution is 2.28. The van der Waals surface area contributed by atoms with Gasteiger partial charge in [-0.2, -0.15) is 0 Å². The minimum atomic E-state index is 0.0490. The normalized spacial score (nSPS) is 19.5. The molecule has 22 heavy (non-hydrogen) atoms. The van der Waals surface area contributed by atoms with Crippen LogP contribution < -0.4 is 4.87 Å². The highest BCUT2D eigenvalue weighted by molar-refractivity contribution is 7.09. The topological polar surface area (TPSA) is 36.1 Å². The third kappa shape index (κ3) is 3.18. The maximum absolute atomic E-state index is 11.9. The highest BCUT2D eigenvalue weighted by Gasteiger charge is 2.21. The molecule has 1 aromatic carbocycles. The number of nitrogens with zero attached hydrogens (tertiary/aromatic N) is 1. The second-order valence-corrected chi connectivity index (χ2v) is 7.49. The molecule has 0 saturated carbocycles. The van der Waals surface area contributed by atoms with Crippen LogP contribution in [-0.4, -0.2) is 22.5 Å². The first-order valence-corrected chi connectivity index (χ1v) is 8.90. The molecule has 1 saturated heterocycles. The van der Waals surface area contributed by atoms with Crippen LogP contribution in [0.3, 0.4) is 0 Å². The van der Waals surface area contributed by atoms with Gasteiger partial charge >= 0.3 is 4.87 Å². The van der Waals surface area contributed by atoms with Crippen molar-refractivity contribution in [3.8, 4) is 11.3 Å². The lowest BCUT2D eigenvalue weighted by Crippen LogP contribution is -2.36. The summed E-state index contributed by atoms with van der Waals surface area (Å²) < 4.78 is 0. The first-order valence-electron chi connectivity index (χ1n) is 8.08. The summed E-state index contributed by atoms with van der Waals surface area (Å²) in [5, 5.41) is 0. The molecular weight excluding hydrogens is 292 g/mol. The quantitative estimate of drug-likeness (QED) is 0.925. The molecule has 1 aliphatic rings. The van der Waals surface area contributed by atoms with E-state index >= 15 is 0 Å². The monoisotopic (exact) mass is 316 g/mol. The molecular formula is C18H24N2OS. The Bertz CT molecular complexity index is 716. The van der Waals surface area contributed by atoms with Gasteiger partial charge in [-0.1, -0.05) is 29.9 Å². The molecule has 1 aliphatic heterocycles. The Morgan fingerprint density at radius 2 is 2.09 bits per heavy atom. The number of rotatable bonds is 3. The number of benzene rings is 1. The number of thiazole rings is 1. The summed E-state index contributed by atoms with van der Waals surface area (Å²) in [7, 11) is 0. The molecule has 0 aliphatic carbocycles. The van der Waals surface area contributed by atoms with Crippen LogP contribution >= 0.6 is 11.3 Å². The fraction of sp³-hybridized carbons (Fsp3) is 0.500. The Hall–Kier alpha value is -1.39. The summed E-state index contributed by atoms with van der Waals surface area (Å²) >= 11 is 1.36. The predicted molar refractivity (Wildman–Crippen MR) is 93.6 cm³/mol. The lowest BCUT2D eigenvalue weighted by molar-refractivity contribution is 0.154. The molecule has 3 rings (SSSR count). The Morgan fingerprint density at radius 3 is 2.82 bits per heavy atom. The van der Waals surface area contributed by atoms with Crippen LogP contribution in [0.15, 0.2) is 23.0 Å². The van der Waals surface area contributed by atoms with E-state index in [4.69, 9.17) is 0 Å². The number of likely N-dealkylation sites (tertiary alicyclic amines) is 1. The summed E-state index contributed by atoms with van der Waals surface area (Å²) in [5.74, 6) is 0. The average molecular weight is 316 g/mol. The van der Waals surface area contributed by atoms with Crippen molar-refractivity contribution in [2.75, 3.05) is 6.54 Å². The molecule has 1 fully saturated rings. The number of hydrogen-bond donors (Lipinski definition) is 1. The third-order valence-corrected chi connectivity index (χ3v) is 5.67. The van der Waals surface area contributed by atoms with Gasteiger partial charge in [0.2, 0.25) is 0 Å². The van der Waals surface area contributed by atoms with Gasteiger partial charge in [0.1, 0.15) is 0 Å². The van der Waals surface area contributed by atoms with Crippen molar-refractivity contribution in [2.45, 2.75) is 52.6 Å². The number of aromatic nitrogens is 1. The molecule has 2 aromatic rings. The van der Waals surface area contributed by atoms with E-state index in [1.54, 1.807) is 0 Å². The maximum atomic E-state index is 11.9. The lowest BCUT2D eigenvalue weighted by Gasteiger charge is -2.33. The van der Waals surface area contributed by atoms with Crippen LogP contribution in [0, 0.1) is 13.8 Å². The second-order valence-electron chi connectivity index (χ2n) is 6.43. The van der Waals surface area contributed by atoms with Gasteiger partial charge in [-0.15, -0.1) is 0 Å². The first kappa shape index (κ1) is 15.5. The van der Waals surface area contributed by atoms with Crippen LogP contribution in [0.1, 0.15) is 42.2 Å². The molecule has 1 aromatic heterocycles. The number of aromatic amines is 1. The zero-order chi connectivity index (χ0) is 15.7. The molecule has 118 valence electrons. The fourth-order valence-electron chi connectivity index (χ4n) is 3.18. The van der Waals surface area contributed by atoms with E-state index in [1.165, 1.54) is 46.6 Å². The number of hydrogen-bond acceptors (Lipinski definition) is 3. The molecule has 0 bridgehead atoms. The molecule has 0 spiro atoms. The van der Waals surface area contributed by atoms with E-state index in [0.29, 0.717) is 6.04 Å². The van der Waals surface area contributed by atoms with Crippen LogP contribution in [0.25, 0.3) is 11.3 Å². The molecule has 3 nitrogen and oxygen atoms in total. The van der Waals surface area contributed by atoms with Crippen molar-refractivity contribution < 1.29 is 0 Å². The van der Waals surface area contributed by atoms with E-state index in [-0.39, 0.29) is 4.87 Å². The average Bonchev–Trinajstić information content (AvgIpc) is 2.85. The van der Waals surface area contributed by atoms with Crippen molar-refractivity contribution >= 4 is 11.3 Å². The van der Waals surface area contributed by atoms with Crippen LogP contribution in [0.4, 0.5) is 0 Å². The summed E-state index contributed by atoms with van der Waals surface area (Å²) in [6.45, 7) is 8.55. The maximum Gasteiger partial charge on any atom is 0.305 e. The number of nitrogens with one attached hydrogen (secondary N) is 1. The highest BCUT2D eigenvalue weighted by atomic mass is 32.1. The van der Waals surface area contributed by atoms with E-state index in [9.17, 15) is 4.79 Å². The van der Waals surface area contributed by atoms with Gasteiger partial charge in [-0.3, -0.25) is 9.69 Å². The summed E-state index contributed by atoms with van der Waals surface area (Å²) in [4.78, 5) is 18.7. The molecule has 0 radical (unpaired) electrons. The van der Waals surface area contributed by atoms with Gasteiger partial charge in [-0.05, 0) is 62.9 Å². The van der Waals surface area contributed by atoms with Gasteiger partial charge < -0.3 is 4.98 Å². The molecule has 0 amide bonds. The van der Waals surface area contributed by atoms with E-state index in [0.717, 1.165) is 24.3 Å².